The predicted octanol–water partition coefficient (Wildman–Crippen LogP) is -1.36. The number of carbonyl (C=O) groups is 1. The van der Waals surface area contributed by atoms with Crippen molar-refractivity contribution in [2.45, 2.75) is 31.2 Å². The Morgan fingerprint density at radius 2 is 2.27 bits per heavy atom. The van der Waals surface area contributed by atoms with Gasteiger partial charge in [-0.05, 0) is 37.9 Å². The molecule has 0 aromatic heterocycles. The van der Waals surface area contributed by atoms with Crippen LogP contribution in [0.4, 0.5) is 4.39 Å². The Morgan fingerprint density at radius 1 is 1.38 bits per heavy atom. The van der Waals surface area contributed by atoms with Crippen LogP contribution in [0.2, 0.25) is 0 Å². The van der Waals surface area contributed by atoms with Crippen molar-refractivity contribution in [1.82, 2.24) is 36.5 Å². The van der Waals surface area contributed by atoms with Crippen LogP contribution >= 0.6 is 0 Å². The van der Waals surface area contributed by atoms with E-state index in [1.807, 2.05) is 30.2 Å². The fourth-order valence-corrected chi connectivity index (χ4v) is 3.29. The third kappa shape index (κ3) is 3.25. The average Bonchev–Trinajstić information content (AvgIpc) is 3.27. The van der Waals surface area contributed by atoms with Crippen molar-refractivity contribution in [1.29, 1.82) is 0 Å². The first-order valence-corrected chi connectivity index (χ1v) is 8.72. The van der Waals surface area contributed by atoms with Crippen molar-refractivity contribution in [3.05, 3.63) is 36.3 Å². The van der Waals surface area contributed by atoms with Crippen LogP contribution < -0.4 is 26.6 Å². The monoisotopic (exact) mass is 362 g/mol. The van der Waals surface area contributed by atoms with E-state index in [2.05, 4.69) is 31.7 Å². The van der Waals surface area contributed by atoms with Crippen molar-refractivity contribution in [2.24, 2.45) is 5.10 Å². The summed E-state index contributed by atoms with van der Waals surface area (Å²) in [5, 5.41) is 21.5. The number of amides is 1. The maximum absolute atomic E-state index is 13.5. The van der Waals surface area contributed by atoms with Crippen LogP contribution in [0.5, 0.6) is 0 Å². The first kappa shape index (κ1) is 16.9. The quantitative estimate of drug-likeness (QED) is 0.423. The van der Waals surface area contributed by atoms with Crippen LogP contribution in [0, 0.1) is 0 Å². The van der Waals surface area contributed by atoms with Crippen LogP contribution in [0.3, 0.4) is 0 Å². The Kier molecular flexibility index (Phi) is 4.51. The van der Waals surface area contributed by atoms with Gasteiger partial charge in [0.1, 0.15) is 23.9 Å². The Balaban J connectivity index is 1.42. The molecule has 4 rings (SSSR count). The highest BCUT2D eigenvalue weighted by Gasteiger charge is 2.34. The number of hydrogen-bond acceptors (Lipinski definition) is 8. The molecule has 0 saturated carbocycles. The van der Waals surface area contributed by atoms with Gasteiger partial charge in [0, 0.05) is 12.7 Å². The van der Waals surface area contributed by atoms with Gasteiger partial charge in [-0.15, -0.1) is 0 Å². The van der Waals surface area contributed by atoms with Crippen molar-refractivity contribution in [3.63, 3.8) is 0 Å². The fraction of sp³-hybridized carbons (Fsp3) is 0.500. The number of likely N-dealkylation sites (tertiary alicyclic amines) is 1. The summed E-state index contributed by atoms with van der Waals surface area (Å²) < 4.78 is 13.5. The van der Waals surface area contributed by atoms with Gasteiger partial charge >= 0.3 is 0 Å². The SMILES string of the molecule is CNC1C=CNC(NC(=O)C2=CNC3C=CC(N4CC[C@H](F)C4)=NN23)N1. The maximum atomic E-state index is 13.5. The number of hydrogen-bond donors (Lipinski definition) is 5. The molecular weight excluding hydrogens is 339 g/mol. The Morgan fingerprint density at radius 3 is 3.04 bits per heavy atom. The van der Waals surface area contributed by atoms with Gasteiger partial charge in [0.25, 0.3) is 5.91 Å². The van der Waals surface area contributed by atoms with Crippen LogP contribution in [-0.4, -0.2) is 66.6 Å². The molecule has 0 spiro atoms. The number of nitrogens with zero attached hydrogens (tertiary/aromatic N) is 3. The summed E-state index contributed by atoms with van der Waals surface area (Å²) in [5.74, 6) is 0.411. The minimum Gasteiger partial charge on any atom is -0.365 e. The summed E-state index contributed by atoms with van der Waals surface area (Å²) in [6, 6.07) is 0. The Labute approximate surface area is 151 Å². The number of likely N-dealkylation sites (N-methyl/N-ethyl adjacent to an activating group) is 1. The van der Waals surface area contributed by atoms with E-state index in [1.165, 1.54) is 0 Å². The predicted molar refractivity (Wildman–Crippen MR) is 94.7 cm³/mol. The number of carbonyl (C=O) groups excluding carboxylic acids is 1. The highest BCUT2D eigenvalue weighted by atomic mass is 19.1. The number of halogens is 1. The lowest BCUT2D eigenvalue weighted by atomic mass is 10.3. The fourth-order valence-electron chi connectivity index (χ4n) is 3.29. The topological polar surface area (TPSA) is 96.1 Å². The molecule has 0 radical (unpaired) electrons. The molecule has 26 heavy (non-hydrogen) atoms. The molecule has 0 aromatic rings. The summed E-state index contributed by atoms with van der Waals surface area (Å²) in [4.78, 5) is 14.6. The molecule has 4 atom stereocenters. The van der Waals surface area contributed by atoms with Gasteiger partial charge in [-0.2, -0.15) is 5.10 Å². The third-order valence-electron chi connectivity index (χ3n) is 4.71. The van der Waals surface area contributed by atoms with E-state index in [9.17, 15) is 9.18 Å². The largest absolute Gasteiger partial charge is 0.365 e. The lowest BCUT2D eigenvalue weighted by Crippen LogP contribution is -2.61. The average molecular weight is 362 g/mol. The smallest absolute Gasteiger partial charge is 0.273 e. The molecule has 140 valence electrons. The van der Waals surface area contributed by atoms with Crippen molar-refractivity contribution in [2.75, 3.05) is 20.1 Å². The highest BCUT2D eigenvalue weighted by Crippen LogP contribution is 2.22. The van der Waals surface area contributed by atoms with Gasteiger partial charge in [0.2, 0.25) is 0 Å². The zero-order valence-corrected chi connectivity index (χ0v) is 14.4. The zero-order valence-electron chi connectivity index (χ0n) is 14.4. The van der Waals surface area contributed by atoms with E-state index in [-0.39, 0.29) is 18.2 Å². The van der Waals surface area contributed by atoms with E-state index < -0.39 is 12.5 Å². The summed E-state index contributed by atoms with van der Waals surface area (Å²) in [7, 11) is 1.83. The van der Waals surface area contributed by atoms with Crippen molar-refractivity contribution < 1.29 is 9.18 Å². The van der Waals surface area contributed by atoms with Gasteiger partial charge in [-0.3, -0.25) is 10.1 Å². The number of hydrazone groups is 1. The molecule has 9 nitrogen and oxygen atoms in total. The van der Waals surface area contributed by atoms with Crippen LogP contribution in [0.1, 0.15) is 6.42 Å². The standard InChI is InChI=1S/C16H23FN8O/c1-18-12-4-6-19-16(21-12)22-15(26)11-8-20-13-2-3-14(23-25(11)13)24-7-5-10(17)9-24/h2-4,6,8,10,12-13,16,18-21H,5,7,9H2,1H3,(H,22,26)/t10-,12?,13?,16?/m0/s1. The number of alkyl halides is 1. The third-order valence-corrected chi connectivity index (χ3v) is 4.71. The normalized spacial score (nSPS) is 32.5. The molecule has 1 amide bonds. The van der Waals surface area contributed by atoms with Gasteiger partial charge < -0.3 is 26.2 Å². The van der Waals surface area contributed by atoms with Crippen molar-refractivity contribution in [3.8, 4) is 0 Å². The Hall–Kier alpha value is -2.59. The van der Waals surface area contributed by atoms with Crippen LogP contribution in [0.15, 0.2) is 41.4 Å². The molecule has 5 N–H and O–H groups in total. The van der Waals surface area contributed by atoms with E-state index in [0.29, 0.717) is 31.0 Å². The molecule has 4 aliphatic heterocycles. The number of nitrogens with one attached hydrogen (secondary N) is 5. The second-order valence-corrected chi connectivity index (χ2v) is 6.50. The Bertz CT molecular complexity index is 690. The van der Waals surface area contributed by atoms with Crippen molar-refractivity contribution >= 4 is 11.7 Å². The number of rotatable bonds is 3. The molecule has 4 aliphatic rings. The van der Waals surface area contributed by atoms with Crippen LogP contribution in [-0.2, 0) is 4.79 Å². The molecule has 1 fully saturated rings. The summed E-state index contributed by atoms with van der Waals surface area (Å²) in [5.41, 5.74) is 0.409. The summed E-state index contributed by atoms with van der Waals surface area (Å²) in [6.45, 7) is 0.975. The minimum atomic E-state index is -0.824. The molecule has 10 heteroatoms. The molecule has 0 aromatic carbocycles. The second kappa shape index (κ2) is 6.96. The molecule has 0 bridgehead atoms. The molecule has 3 unspecified atom stereocenters. The minimum absolute atomic E-state index is 0.0312. The van der Waals surface area contributed by atoms with E-state index >= 15 is 0 Å². The molecular formula is C16H23FN8O. The summed E-state index contributed by atoms with van der Waals surface area (Å²) >= 11 is 0. The highest BCUT2D eigenvalue weighted by molar-refractivity contribution is 5.96. The first-order valence-electron chi connectivity index (χ1n) is 8.72. The van der Waals surface area contributed by atoms with Gasteiger partial charge in [0.15, 0.2) is 6.29 Å². The van der Waals surface area contributed by atoms with E-state index in [0.717, 1.165) is 0 Å². The maximum Gasteiger partial charge on any atom is 0.273 e. The van der Waals surface area contributed by atoms with E-state index in [4.69, 9.17) is 0 Å². The van der Waals surface area contributed by atoms with Gasteiger partial charge in [-0.1, -0.05) is 0 Å². The number of amidine groups is 1. The second-order valence-electron chi connectivity index (χ2n) is 6.50. The van der Waals surface area contributed by atoms with E-state index in [1.54, 1.807) is 17.4 Å². The van der Waals surface area contributed by atoms with Gasteiger partial charge in [0.05, 0.1) is 12.7 Å². The molecule has 0 aliphatic carbocycles. The zero-order chi connectivity index (χ0) is 18.1. The van der Waals surface area contributed by atoms with Crippen LogP contribution in [0.25, 0.3) is 0 Å². The summed E-state index contributed by atoms with van der Waals surface area (Å²) in [6.07, 6.45) is 8.17. The number of fused-ring (bicyclic) bond motifs is 1. The molecule has 4 heterocycles. The lowest BCUT2D eigenvalue weighted by Gasteiger charge is -2.31. The molecule has 1 saturated heterocycles. The van der Waals surface area contributed by atoms with Gasteiger partial charge in [-0.25, -0.2) is 9.40 Å². The first-order chi connectivity index (χ1) is 12.6. The lowest BCUT2D eigenvalue weighted by molar-refractivity contribution is -0.120.